The average molecular weight is 700 g/mol. The molecule has 1 heteroatoms. The van der Waals surface area contributed by atoms with Gasteiger partial charge in [-0.25, -0.2) is 0 Å². The van der Waals surface area contributed by atoms with Gasteiger partial charge in [0.15, 0.2) is 0 Å². The summed E-state index contributed by atoms with van der Waals surface area (Å²) in [5.74, 6) is 0. The zero-order chi connectivity index (χ0) is 36.6. The lowest BCUT2D eigenvalue weighted by Crippen LogP contribution is -2.09. The van der Waals surface area contributed by atoms with Crippen LogP contribution in [0, 0.1) is 0 Å². The lowest BCUT2D eigenvalue weighted by Gasteiger charge is -2.26. The van der Waals surface area contributed by atoms with Gasteiger partial charge in [-0.05, 0) is 113 Å². The molecule has 0 aliphatic heterocycles. The maximum Gasteiger partial charge on any atom is 0.0462 e. The predicted octanol–water partition coefficient (Wildman–Crippen LogP) is 15.3. The zero-order valence-corrected chi connectivity index (χ0v) is 30.3. The minimum Gasteiger partial charge on any atom is -0.311 e. The van der Waals surface area contributed by atoms with Crippen molar-refractivity contribution in [1.29, 1.82) is 0 Å². The van der Waals surface area contributed by atoms with Crippen molar-refractivity contribution in [2.24, 2.45) is 0 Å². The van der Waals surface area contributed by atoms with Gasteiger partial charge in [0, 0.05) is 17.1 Å². The minimum absolute atomic E-state index is 1.10. The molecule has 258 valence electrons. The van der Waals surface area contributed by atoms with Crippen molar-refractivity contribution in [3.63, 3.8) is 0 Å². The van der Waals surface area contributed by atoms with Gasteiger partial charge in [0.05, 0.1) is 0 Å². The Kier molecular flexibility index (Phi) is 8.24. The number of hydrogen-bond donors (Lipinski definition) is 0. The molecule has 0 aromatic heterocycles. The van der Waals surface area contributed by atoms with Crippen molar-refractivity contribution in [3.8, 4) is 44.5 Å². The van der Waals surface area contributed by atoms with Crippen molar-refractivity contribution >= 4 is 49.4 Å². The van der Waals surface area contributed by atoms with E-state index in [4.69, 9.17) is 0 Å². The highest BCUT2D eigenvalue weighted by Gasteiger charge is 2.20. The van der Waals surface area contributed by atoms with Gasteiger partial charge in [0.25, 0.3) is 0 Å². The molecule has 0 spiro atoms. The lowest BCUT2D eigenvalue weighted by molar-refractivity contribution is 1.28. The SMILES string of the molecule is c1ccc(-c2ccc(N(c3ccc(-c4ccccc4)cc3)c3ccc(-c4c(-c5cccc6ccccc56)c5ccccc5c5ccccc45)cc3)cc2)cc1. The third-order valence-electron chi connectivity index (χ3n) is 10.9. The number of fused-ring (bicyclic) bond motifs is 4. The maximum atomic E-state index is 2.36. The van der Waals surface area contributed by atoms with Crippen molar-refractivity contribution < 1.29 is 0 Å². The Hall–Kier alpha value is -7.22. The van der Waals surface area contributed by atoms with Crippen LogP contribution in [0.2, 0.25) is 0 Å². The highest BCUT2D eigenvalue weighted by atomic mass is 15.1. The summed E-state index contributed by atoms with van der Waals surface area (Å²) in [4.78, 5) is 2.36. The molecule has 0 radical (unpaired) electrons. The Morgan fingerprint density at radius 3 is 1.09 bits per heavy atom. The first-order valence-electron chi connectivity index (χ1n) is 18.9. The largest absolute Gasteiger partial charge is 0.311 e. The van der Waals surface area contributed by atoms with Gasteiger partial charge in [-0.2, -0.15) is 0 Å². The highest BCUT2D eigenvalue weighted by Crippen LogP contribution is 2.47. The molecule has 0 saturated carbocycles. The summed E-state index contributed by atoms with van der Waals surface area (Å²) < 4.78 is 0. The molecule has 0 N–H and O–H groups in total. The van der Waals surface area contributed by atoms with E-state index >= 15 is 0 Å². The zero-order valence-electron chi connectivity index (χ0n) is 30.3. The van der Waals surface area contributed by atoms with Crippen LogP contribution in [-0.2, 0) is 0 Å². The summed E-state index contributed by atoms with van der Waals surface area (Å²) in [5, 5.41) is 7.54. The quantitative estimate of drug-likeness (QED) is 0.150. The lowest BCUT2D eigenvalue weighted by atomic mass is 9.83. The van der Waals surface area contributed by atoms with Crippen LogP contribution in [0.15, 0.2) is 224 Å². The van der Waals surface area contributed by atoms with Gasteiger partial charge in [-0.3, -0.25) is 0 Å². The number of rotatable bonds is 7. The monoisotopic (exact) mass is 699 g/mol. The molecule has 0 amide bonds. The molecule has 0 unspecified atom stereocenters. The van der Waals surface area contributed by atoms with Gasteiger partial charge in [0.1, 0.15) is 0 Å². The normalized spacial score (nSPS) is 11.3. The van der Waals surface area contributed by atoms with Crippen molar-refractivity contribution in [1.82, 2.24) is 0 Å². The first-order chi connectivity index (χ1) is 27.3. The topological polar surface area (TPSA) is 3.24 Å². The predicted molar refractivity (Wildman–Crippen MR) is 235 cm³/mol. The number of benzene rings is 10. The van der Waals surface area contributed by atoms with Crippen LogP contribution in [0.3, 0.4) is 0 Å². The molecule has 0 saturated heterocycles. The molecule has 10 aromatic rings. The Bertz CT molecular complexity index is 2840. The van der Waals surface area contributed by atoms with E-state index < -0.39 is 0 Å². The minimum atomic E-state index is 1.10. The van der Waals surface area contributed by atoms with Gasteiger partial charge >= 0.3 is 0 Å². The molecule has 10 aromatic carbocycles. The summed E-state index contributed by atoms with van der Waals surface area (Å²) in [6.45, 7) is 0. The molecule has 0 fully saturated rings. The first kappa shape index (κ1) is 32.4. The second-order valence-corrected chi connectivity index (χ2v) is 14.1. The maximum absolute atomic E-state index is 2.36. The third kappa shape index (κ3) is 5.93. The second kappa shape index (κ2) is 14.0. The van der Waals surface area contributed by atoms with Crippen LogP contribution in [0.5, 0.6) is 0 Å². The molecule has 0 aliphatic carbocycles. The van der Waals surface area contributed by atoms with Crippen LogP contribution in [0.25, 0.3) is 76.8 Å². The molecule has 1 nitrogen and oxygen atoms in total. The van der Waals surface area contributed by atoms with E-state index in [1.54, 1.807) is 0 Å². The summed E-state index contributed by atoms with van der Waals surface area (Å²) in [5.41, 5.74) is 13.1. The number of hydrogen-bond acceptors (Lipinski definition) is 1. The van der Waals surface area contributed by atoms with E-state index in [-0.39, 0.29) is 0 Å². The fraction of sp³-hybridized carbons (Fsp3) is 0. The van der Waals surface area contributed by atoms with E-state index in [1.807, 2.05) is 0 Å². The first-order valence-corrected chi connectivity index (χ1v) is 18.9. The third-order valence-corrected chi connectivity index (χ3v) is 10.9. The molecule has 0 bridgehead atoms. The van der Waals surface area contributed by atoms with Crippen molar-refractivity contribution in [2.75, 3.05) is 4.90 Å². The van der Waals surface area contributed by atoms with Crippen molar-refractivity contribution in [2.45, 2.75) is 0 Å². The van der Waals surface area contributed by atoms with Crippen LogP contribution < -0.4 is 4.90 Å². The number of anilines is 3. The molecule has 0 atom stereocenters. The molecule has 0 aliphatic rings. The van der Waals surface area contributed by atoms with Crippen molar-refractivity contribution in [3.05, 3.63) is 224 Å². The Labute approximate surface area is 322 Å². The fourth-order valence-electron chi connectivity index (χ4n) is 8.26. The van der Waals surface area contributed by atoms with E-state index in [0.717, 1.165) is 17.1 Å². The standard InChI is InChI=1S/C54H37N/c1-3-14-38(15-4-1)40-26-32-44(33-27-40)55(45-34-28-41(29-35-45)39-16-5-2-6-17-39)46-36-30-43(31-37-46)53-51-23-11-9-21-48(51)49-22-10-12-24-52(49)54(53)50-25-13-19-42-18-7-8-20-47(42)50/h1-37H. The molecular formula is C54H37N. The summed E-state index contributed by atoms with van der Waals surface area (Å²) >= 11 is 0. The van der Waals surface area contributed by atoms with Crippen LogP contribution in [0.1, 0.15) is 0 Å². The molecule has 0 heterocycles. The van der Waals surface area contributed by atoms with E-state index in [2.05, 4.69) is 229 Å². The molecular weight excluding hydrogens is 663 g/mol. The Morgan fingerprint density at radius 1 is 0.218 bits per heavy atom. The molecule has 10 rings (SSSR count). The average Bonchev–Trinajstić information content (AvgIpc) is 3.27. The van der Waals surface area contributed by atoms with Crippen LogP contribution in [0.4, 0.5) is 17.1 Å². The van der Waals surface area contributed by atoms with Gasteiger partial charge in [0.2, 0.25) is 0 Å². The second-order valence-electron chi connectivity index (χ2n) is 14.1. The van der Waals surface area contributed by atoms with E-state index in [9.17, 15) is 0 Å². The van der Waals surface area contributed by atoms with E-state index in [0.29, 0.717) is 0 Å². The smallest absolute Gasteiger partial charge is 0.0462 e. The van der Waals surface area contributed by atoms with Gasteiger partial charge in [-0.1, -0.05) is 188 Å². The molecule has 55 heavy (non-hydrogen) atoms. The van der Waals surface area contributed by atoms with Gasteiger partial charge in [-0.15, -0.1) is 0 Å². The number of nitrogens with zero attached hydrogens (tertiary/aromatic N) is 1. The Morgan fingerprint density at radius 2 is 0.582 bits per heavy atom. The highest BCUT2D eigenvalue weighted by molar-refractivity contribution is 6.23. The van der Waals surface area contributed by atoms with Gasteiger partial charge < -0.3 is 4.90 Å². The van der Waals surface area contributed by atoms with Crippen LogP contribution in [-0.4, -0.2) is 0 Å². The van der Waals surface area contributed by atoms with E-state index in [1.165, 1.54) is 76.8 Å². The fourth-order valence-corrected chi connectivity index (χ4v) is 8.26. The van der Waals surface area contributed by atoms with Crippen LogP contribution >= 0.6 is 0 Å². The summed E-state index contributed by atoms with van der Waals surface area (Å²) in [7, 11) is 0. The summed E-state index contributed by atoms with van der Waals surface area (Å²) in [6, 6.07) is 81.4. The Balaban J connectivity index is 1.14. The summed E-state index contributed by atoms with van der Waals surface area (Å²) in [6.07, 6.45) is 0.